The van der Waals surface area contributed by atoms with Gasteiger partial charge >= 0.3 is 18.2 Å². The normalized spacial score (nSPS) is 16.9. The molecular formula is C38H40ClFN6O7S. The number of nitrogens with zero attached hydrogens (tertiary/aromatic N) is 5. The first-order chi connectivity index (χ1) is 25.4. The number of carbonyl (C=O) groups excluding carboxylic acids is 3. The number of benzene rings is 2. The van der Waals surface area contributed by atoms with Crippen molar-refractivity contribution in [3.05, 3.63) is 45.5 Å². The third kappa shape index (κ3) is 7.82. The summed E-state index contributed by atoms with van der Waals surface area (Å²) in [5.41, 5.74) is 1.38. The van der Waals surface area contributed by atoms with E-state index < -0.39 is 35.2 Å². The van der Waals surface area contributed by atoms with Gasteiger partial charge in [-0.25, -0.2) is 33.7 Å². The molecule has 16 heteroatoms. The molecule has 284 valence electrons. The van der Waals surface area contributed by atoms with Gasteiger partial charge in [-0.3, -0.25) is 5.32 Å². The summed E-state index contributed by atoms with van der Waals surface area (Å²) >= 11 is 8.18. The second-order valence-electron chi connectivity index (χ2n) is 15.3. The molecule has 54 heavy (non-hydrogen) atoms. The van der Waals surface area contributed by atoms with E-state index in [9.17, 15) is 19.6 Å². The number of rotatable bonds is 4. The number of nitrogens with one attached hydrogen (secondary N) is 1. The number of methoxy groups -OCH3 is 1. The lowest BCUT2D eigenvalue weighted by Gasteiger charge is -2.27. The summed E-state index contributed by atoms with van der Waals surface area (Å²) in [6, 6.07) is 4.89. The third-order valence-corrected chi connectivity index (χ3v) is 10.2. The van der Waals surface area contributed by atoms with E-state index in [1.54, 1.807) is 46.4 Å². The van der Waals surface area contributed by atoms with Crippen LogP contribution in [0.2, 0.25) is 5.02 Å². The van der Waals surface area contributed by atoms with E-state index in [4.69, 9.17) is 35.5 Å². The first kappa shape index (κ1) is 38.8. The van der Waals surface area contributed by atoms with Crippen molar-refractivity contribution in [2.45, 2.75) is 85.7 Å². The molecule has 2 aliphatic heterocycles. The first-order valence-electron chi connectivity index (χ1n) is 17.3. The maximum atomic E-state index is 15.5. The van der Waals surface area contributed by atoms with E-state index in [2.05, 4.69) is 28.3 Å². The van der Waals surface area contributed by atoms with Crippen LogP contribution < -0.4 is 5.32 Å². The van der Waals surface area contributed by atoms with Gasteiger partial charge in [0.25, 0.3) is 0 Å². The van der Waals surface area contributed by atoms with Crippen LogP contribution in [0.15, 0.2) is 17.1 Å². The largest absolute Gasteiger partial charge is 0.463 e. The number of hydrogen-bond donors (Lipinski definition) is 1. The molecule has 2 aromatic heterocycles. The van der Waals surface area contributed by atoms with Gasteiger partial charge < -0.3 is 23.8 Å². The number of amides is 2. The van der Waals surface area contributed by atoms with Gasteiger partial charge in [0, 0.05) is 23.2 Å². The maximum absolute atomic E-state index is 15.5. The molecule has 1 fully saturated rings. The number of thiophene rings is 1. The van der Waals surface area contributed by atoms with Crippen molar-refractivity contribution in [3.8, 4) is 17.2 Å². The predicted octanol–water partition coefficient (Wildman–Crippen LogP) is 9.08. The average Bonchev–Trinajstić information content (AvgIpc) is 3.65. The number of ether oxygens (including phenoxy) is 4. The molecule has 4 aromatic rings. The quantitative estimate of drug-likeness (QED) is 0.156. The maximum Gasteiger partial charge on any atom is 0.412 e. The summed E-state index contributed by atoms with van der Waals surface area (Å²) in [6.45, 7) is 13.4. The Balaban J connectivity index is 1.57. The molecule has 2 amide bonds. The SMILES string of the molecule is COC(=O)c1nc(/N=C2\CCC(C)CN(C(=O)OC(C)(C)C)C2)c2c3c(c(-c4ccc(F)c5sc(NC(=O)OC(C)(C)C)c(C#N)c45)c(Cl)c2n1)COC3. The summed E-state index contributed by atoms with van der Waals surface area (Å²) in [6.07, 6.45) is 0.0227. The highest BCUT2D eigenvalue weighted by molar-refractivity contribution is 7.23. The smallest absolute Gasteiger partial charge is 0.412 e. The number of halogens is 2. The highest BCUT2D eigenvalue weighted by atomic mass is 35.5. The van der Waals surface area contributed by atoms with Gasteiger partial charge in [0.05, 0.1) is 53.1 Å². The second-order valence-corrected chi connectivity index (χ2v) is 16.7. The lowest BCUT2D eigenvalue weighted by Crippen LogP contribution is -2.40. The number of nitriles is 1. The fourth-order valence-electron chi connectivity index (χ4n) is 6.48. The van der Waals surface area contributed by atoms with Crippen molar-refractivity contribution in [2.75, 3.05) is 25.5 Å². The molecule has 0 spiro atoms. The Labute approximate surface area is 320 Å². The molecule has 0 aliphatic carbocycles. The van der Waals surface area contributed by atoms with E-state index in [0.717, 1.165) is 17.8 Å². The van der Waals surface area contributed by atoms with Crippen LogP contribution in [-0.4, -0.2) is 70.1 Å². The lowest BCUT2D eigenvalue weighted by molar-refractivity contribution is 0.0260. The fraction of sp³-hybridized carbons (Fsp3) is 0.447. The average molecular weight is 779 g/mol. The van der Waals surface area contributed by atoms with Crippen molar-refractivity contribution < 1.29 is 37.7 Å². The Morgan fingerprint density at radius 3 is 2.46 bits per heavy atom. The number of hydrogen-bond acceptors (Lipinski definition) is 12. The van der Waals surface area contributed by atoms with Crippen molar-refractivity contribution >= 4 is 78.6 Å². The van der Waals surface area contributed by atoms with Gasteiger partial charge in [-0.05, 0) is 83.1 Å². The van der Waals surface area contributed by atoms with Crippen LogP contribution >= 0.6 is 22.9 Å². The number of aromatic nitrogens is 2. The van der Waals surface area contributed by atoms with Gasteiger partial charge in [0.2, 0.25) is 5.82 Å². The standard InChI is InChI=1S/C38H40ClFN6O7S/c1-18-9-10-19(15-46(14-18)36(49)53-38(5,6)7)42-31-27-23-17-51-16-22(23)25(28(39)29(27)43-32(44-31)34(47)50-8)20-11-12-24(40)30-26(20)21(13-41)33(54-30)45-35(48)52-37(2,3)4/h11-12,18H,9-10,14-17H2,1-8H3,(H,45,48)/b42-19+. The van der Waals surface area contributed by atoms with E-state index >= 15 is 4.39 Å². The molecule has 1 atom stereocenters. The van der Waals surface area contributed by atoms with E-state index in [0.29, 0.717) is 46.3 Å². The highest BCUT2D eigenvalue weighted by Crippen LogP contribution is 2.50. The molecule has 1 unspecified atom stereocenters. The Bertz CT molecular complexity index is 2290. The van der Waals surface area contributed by atoms with Crippen LogP contribution in [-0.2, 0) is 32.2 Å². The summed E-state index contributed by atoms with van der Waals surface area (Å²) < 4.78 is 37.7. The van der Waals surface area contributed by atoms with E-state index in [1.807, 2.05) is 0 Å². The van der Waals surface area contributed by atoms with Crippen LogP contribution in [0.25, 0.3) is 32.1 Å². The predicted molar refractivity (Wildman–Crippen MR) is 203 cm³/mol. The molecule has 0 bridgehead atoms. The van der Waals surface area contributed by atoms with Crippen LogP contribution in [0.4, 0.5) is 24.8 Å². The zero-order valence-corrected chi connectivity index (χ0v) is 32.8. The van der Waals surface area contributed by atoms with Crippen molar-refractivity contribution in [1.82, 2.24) is 14.9 Å². The van der Waals surface area contributed by atoms with E-state index in [-0.39, 0.29) is 68.5 Å². The second kappa shape index (κ2) is 14.7. The van der Waals surface area contributed by atoms with Crippen molar-refractivity contribution in [2.24, 2.45) is 10.9 Å². The summed E-state index contributed by atoms with van der Waals surface area (Å²) in [5.74, 6) is -1.43. The number of anilines is 1. The topological polar surface area (TPSA) is 165 Å². The van der Waals surface area contributed by atoms with Crippen molar-refractivity contribution in [3.63, 3.8) is 0 Å². The van der Waals surface area contributed by atoms with Crippen LogP contribution in [0.1, 0.15) is 88.6 Å². The summed E-state index contributed by atoms with van der Waals surface area (Å²) in [5, 5.41) is 13.8. The number of likely N-dealkylation sites (tertiary alicyclic amines) is 1. The molecule has 13 nitrogen and oxygen atoms in total. The van der Waals surface area contributed by atoms with Gasteiger partial charge in [-0.15, -0.1) is 11.3 Å². The molecule has 1 saturated heterocycles. The summed E-state index contributed by atoms with van der Waals surface area (Å²) in [4.78, 5) is 54.6. The lowest BCUT2D eigenvalue weighted by atomic mass is 9.91. The minimum absolute atomic E-state index is 0.0151. The van der Waals surface area contributed by atoms with Gasteiger partial charge in [-0.1, -0.05) is 24.6 Å². The zero-order valence-electron chi connectivity index (χ0n) is 31.2. The van der Waals surface area contributed by atoms with Crippen LogP contribution in [0.5, 0.6) is 0 Å². The molecule has 4 heterocycles. The van der Waals surface area contributed by atoms with Crippen LogP contribution in [0, 0.1) is 23.1 Å². The monoisotopic (exact) mass is 778 g/mol. The molecule has 0 radical (unpaired) electrons. The molecule has 1 N–H and O–H groups in total. The van der Waals surface area contributed by atoms with E-state index in [1.165, 1.54) is 19.2 Å². The molecule has 2 aliphatic rings. The Kier molecular flexibility index (Phi) is 10.6. The Morgan fingerprint density at radius 1 is 1.09 bits per heavy atom. The molecule has 0 saturated carbocycles. The fourth-order valence-corrected chi connectivity index (χ4v) is 7.90. The summed E-state index contributed by atoms with van der Waals surface area (Å²) in [7, 11) is 1.20. The third-order valence-electron chi connectivity index (χ3n) is 8.68. The van der Waals surface area contributed by atoms with Crippen LogP contribution in [0.3, 0.4) is 0 Å². The highest BCUT2D eigenvalue weighted by Gasteiger charge is 2.32. The molecule has 6 rings (SSSR count). The van der Waals surface area contributed by atoms with Gasteiger partial charge in [-0.2, -0.15) is 5.26 Å². The number of fused-ring (bicyclic) bond motifs is 4. The van der Waals surface area contributed by atoms with Gasteiger partial charge in [0.1, 0.15) is 28.1 Å². The first-order valence-corrected chi connectivity index (χ1v) is 18.5. The number of aliphatic imine (C=N–C) groups is 1. The van der Waals surface area contributed by atoms with Crippen molar-refractivity contribution in [1.29, 1.82) is 5.26 Å². The molecule has 2 aromatic carbocycles. The number of carbonyl (C=O) groups is 3. The minimum atomic E-state index is -0.829. The van der Waals surface area contributed by atoms with Gasteiger partial charge in [0.15, 0.2) is 5.82 Å². The number of esters is 1. The minimum Gasteiger partial charge on any atom is -0.463 e. The molecular weight excluding hydrogens is 739 g/mol. The zero-order chi connectivity index (χ0) is 39.3. The Hall–Kier alpha value is -4.91. The Morgan fingerprint density at radius 2 is 1.80 bits per heavy atom.